The summed E-state index contributed by atoms with van der Waals surface area (Å²) in [4.78, 5) is 21.4. The molecule has 5 heterocycles. The number of benzene rings is 1. The minimum Gasteiger partial charge on any atom is -0.493 e. The molecule has 9 nitrogen and oxygen atoms in total. The zero-order chi connectivity index (χ0) is 26.3. The number of aromatic nitrogens is 4. The summed E-state index contributed by atoms with van der Waals surface area (Å²) < 4.78 is 7.31. The Morgan fingerprint density at radius 3 is 2.84 bits per heavy atom. The average molecular weight is 528 g/mol. The molecule has 0 aliphatic carbocycles. The lowest BCUT2D eigenvalue weighted by Crippen LogP contribution is -2.48. The van der Waals surface area contributed by atoms with E-state index in [-0.39, 0.29) is 11.3 Å². The monoisotopic (exact) mass is 527 g/mol. The number of halogens is 1. The summed E-state index contributed by atoms with van der Waals surface area (Å²) in [6, 6.07) is 9.24. The number of hydrogen-bond acceptors (Lipinski definition) is 6. The van der Waals surface area contributed by atoms with Crippen molar-refractivity contribution in [3.05, 3.63) is 76.5 Å². The van der Waals surface area contributed by atoms with Gasteiger partial charge >= 0.3 is 0 Å². The SMILES string of the molecule is COc1c(Cl)cccc1Nc1c(-c2ccncc2C#Cc2ccnn2C)[nH]c2c1C(=O)NC[C@]21CCNC1. The van der Waals surface area contributed by atoms with E-state index in [1.807, 2.05) is 31.3 Å². The predicted octanol–water partition coefficient (Wildman–Crippen LogP) is 3.59. The maximum atomic E-state index is 13.4. The molecular formula is C28H26ClN7O2. The van der Waals surface area contributed by atoms with Gasteiger partial charge in [-0.25, -0.2) is 0 Å². The second-order valence-corrected chi connectivity index (χ2v) is 9.88. The van der Waals surface area contributed by atoms with Crippen molar-refractivity contribution in [2.75, 3.05) is 32.1 Å². The third-order valence-electron chi connectivity index (χ3n) is 7.26. The molecule has 6 rings (SSSR count). The molecule has 1 atom stereocenters. The Balaban J connectivity index is 1.57. The van der Waals surface area contributed by atoms with Gasteiger partial charge in [-0.3, -0.25) is 14.5 Å². The predicted molar refractivity (Wildman–Crippen MR) is 146 cm³/mol. The summed E-state index contributed by atoms with van der Waals surface area (Å²) >= 11 is 6.43. The summed E-state index contributed by atoms with van der Waals surface area (Å²) in [5.41, 5.74) is 5.61. The molecule has 4 aromatic rings. The van der Waals surface area contributed by atoms with Crippen molar-refractivity contribution in [1.82, 2.24) is 30.4 Å². The van der Waals surface area contributed by atoms with E-state index in [0.717, 1.165) is 42.2 Å². The Bertz CT molecular complexity index is 1600. The highest BCUT2D eigenvalue weighted by Gasteiger charge is 2.45. The Labute approximate surface area is 225 Å². The first kappa shape index (κ1) is 24.1. The Morgan fingerprint density at radius 1 is 1.18 bits per heavy atom. The van der Waals surface area contributed by atoms with Gasteiger partial charge in [-0.05, 0) is 43.2 Å². The molecular weight excluding hydrogens is 502 g/mol. The van der Waals surface area contributed by atoms with E-state index in [0.29, 0.717) is 39.8 Å². The number of carbonyl (C=O) groups excluding carboxylic acids is 1. The third kappa shape index (κ3) is 3.99. The molecule has 192 valence electrons. The Kier molecular flexibility index (Phi) is 6.06. The van der Waals surface area contributed by atoms with Crippen LogP contribution >= 0.6 is 11.6 Å². The van der Waals surface area contributed by atoms with Gasteiger partial charge in [0.05, 0.1) is 46.5 Å². The molecule has 1 saturated heterocycles. The first-order valence-electron chi connectivity index (χ1n) is 12.3. The lowest BCUT2D eigenvalue weighted by Gasteiger charge is -2.33. The number of carbonyl (C=O) groups is 1. The highest BCUT2D eigenvalue weighted by atomic mass is 35.5. The van der Waals surface area contributed by atoms with Gasteiger partial charge in [-0.2, -0.15) is 5.10 Å². The van der Waals surface area contributed by atoms with E-state index in [9.17, 15) is 4.79 Å². The molecule has 0 radical (unpaired) electrons. The Hall–Kier alpha value is -4.26. The number of amides is 1. The van der Waals surface area contributed by atoms with Gasteiger partial charge in [0.1, 0.15) is 5.69 Å². The maximum absolute atomic E-state index is 13.4. The number of aromatic amines is 1. The molecule has 4 N–H and O–H groups in total. The number of para-hydroxylation sites is 1. The quantitative estimate of drug-likeness (QED) is 0.302. The molecule has 1 spiro atoms. The maximum Gasteiger partial charge on any atom is 0.255 e. The van der Waals surface area contributed by atoms with Gasteiger partial charge in [-0.1, -0.05) is 23.6 Å². The van der Waals surface area contributed by atoms with Crippen LogP contribution in [0.4, 0.5) is 11.4 Å². The van der Waals surface area contributed by atoms with Crippen LogP contribution in [0.25, 0.3) is 11.3 Å². The highest BCUT2D eigenvalue weighted by molar-refractivity contribution is 6.32. The van der Waals surface area contributed by atoms with Crippen LogP contribution in [0.3, 0.4) is 0 Å². The molecule has 38 heavy (non-hydrogen) atoms. The molecule has 2 aliphatic rings. The number of rotatable bonds is 4. The standard InChI is InChI=1S/C28H26ClN7O2/c1-36-18(8-12-33-36)7-6-17-14-30-11-9-19(17)23-24(34-21-5-3-4-20(29)25(21)38-2)22-26(35-23)28(10-13-31-15-28)16-32-27(22)37/h3-5,8-9,11-12,14,31,34-35H,10,13,15-16H2,1-2H3,(H,32,37)/t28-/m1/s1. The number of anilines is 2. The number of methoxy groups -OCH3 is 1. The summed E-state index contributed by atoms with van der Waals surface area (Å²) in [7, 11) is 3.42. The van der Waals surface area contributed by atoms with Crippen LogP contribution in [0.15, 0.2) is 48.9 Å². The number of aryl methyl sites for hydroxylation is 1. The smallest absolute Gasteiger partial charge is 0.255 e. The summed E-state index contributed by atoms with van der Waals surface area (Å²) in [5.74, 6) is 6.79. The number of fused-ring (bicyclic) bond motifs is 2. The lowest BCUT2D eigenvalue weighted by atomic mass is 9.79. The van der Waals surface area contributed by atoms with Crippen LogP contribution < -0.4 is 20.7 Å². The van der Waals surface area contributed by atoms with Crippen molar-refractivity contribution in [1.29, 1.82) is 0 Å². The van der Waals surface area contributed by atoms with Gasteiger partial charge in [0.25, 0.3) is 5.91 Å². The van der Waals surface area contributed by atoms with Crippen LogP contribution in [0.1, 0.15) is 33.7 Å². The molecule has 0 saturated carbocycles. The number of ether oxygens (including phenoxy) is 1. The fourth-order valence-electron chi connectivity index (χ4n) is 5.28. The lowest BCUT2D eigenvalue weighted by molar-refractivity contribution is 0.0927. The molecule has 0 unspecified atom stereocenters. The van der Waals surface area contributed by atoms with Crippen molar-refractivity contribution in [3.8, 4) is 28.8 Å². The number of pyridine rings is 1. The van der Waals surface area contributed by atoms with Gasteiger partial charge in [0.2, 0.25) is 0 Å². The normalized spacial score (nSPS) is 18.0. The van der Waals surface area contributed by atoms with Gasteiger partial charge < -0.3 is 25.7 Å². The minimum absolute atomic E-state index is 0.139. The number of nitrogens with one attached hydrogen (secondary N) is 4. The minimum atomic E-state index is -0.232. The topological polar surface area (TPSA) is 109 Å². The summed E-state index contributed by atoms with van der Waals surface area (Å²) in [5, 5.41) is 14.7. The van der Waals surface area contributed by atoms with E-state index in [2.05, 4.69) is 42.9 Å². The van der Waals surface area contributed by atoms with E-state index >= 15 is 0 Å². The van der Waals surface area contributed by atoms with E-state index in [4.69, 9.17) is 16.3 Å². The fraction of sp³-hybridized carbons (Fsp3) is 0.250. The van der Waals surface area contributed by atoms with Crippen molar-refractivity contribution in [2.24, 2.45) is 7.05 Å². The second-order valence-electron chi connectivity index (χ2n) is 9.47. The Morgan fingerprint density at radius 2 is 2.08 bits per heavy atom. The number of H-pyrrole nitrogens is 1. The largest absolute Gasteiger partial charge is 0.493 e. The molecule has 0 bridgehead atoms. The van der Waals surface area contributed by atoms with E-state index in [1.54, 1.807) is 36.4 Å². The average Bonchev–Trinajstić information content (AvgIpc) is 3.66. The molecule has 1 aromatic carbocycles. The fourth-order valence-corrected chi connectivity index (χ4v) is 5.53. The highest BCUT2D eigenvalue weighted by Crippen LogP contribution is 2.45. The number of hydrogen-bond donors (Lipinski definition) is 4. The van der Waals surface area contributed by atoms with Crippen molar-refractivity contribution in [2.45, 2.75) is 11.8 Å². The van der Waals surface area contributed by atoms with Crippen LogP contribution in [-0.2, 0) is 12.5 Å². The van der Waals surface area contributed by atoms with Gasteiger partial charge in [0, 0.05) is 49.2 Å². The van der Waals surface area contributed by atoms with E-state index < -0.39 is 0 Å². The first-order chi connectivity index (χ1) is 18.5. The van der Waals surface area contributed by atoms with Crippen LogP contribution in [-0.4, -0.2) is 52.4 Å². The molecule has 1 fully saturated rings. The number of nitrogens with zero attached hydrogens (tertiary/aromatic N) is 3. The van der Waals surface area contributed by atoms with Crippen LogP contribution in [0, 0.1) is 11.8 Å². The molecule has 1 amide bonds. The molecule has 10 heteroatoms. The van der Waals surface area contributed by atoms with Crippen molar-refractivity contribution < 1.29 is 9.53 Å². The van der Waals surface area contributed by atoms with Crippen LogP contribution in [0.2, 0.25) is 5.02 Å². The molecule has 3 aromatic heterocycles. The van der Waals surface area contributed by atoms with Gasteiger partial charge in [0.15, 0.2) is 5.75 Å². The first-order valence-corrected chi connectivity index (χ1v) is 12.7. The van der Waals surface area contributed by atoms with Crippen molar-refractivity contribution in [3.63, 3.8) is 0 Å². The zero-order valence-corrected chi connectivity index (χ0v) is 21.7. The summed E-state index contributed by atoms with van der Waals surface area (Å²) in [6.45, 7) is 2.21. The third-order valence-corrected chi connectivity index (χ3v) is 7.55. The zero-order valence-electron chi connectivity index (χ0n) is 21.0. The summed E-state index contributed by atoms with van der Waals surface area (Å²) in [6.07, 6.45) is 6.07. The van der Waals surface area contributed by atoms with Crippen LogP contribution in [0.5, 0.6) is 5.75 Å². The van der Waals surface area contributed by atoms with Crippen molar-refractivity contribution >= 4 is 28.9 Å². The second kappa shape index (κ2) is 9.56. The molecule has 2 aliphatic heterocycles. The van der Waals surface area contributed by atoms with E-state index in [1.165, 1.54) is 0 Å². The van der Waals surface area contributed by atoms with Gasteiger partial charge in [-0.15, -0.1) is 0 Å².